The summed E-state index contributed by atoms with van der Waals surface area (Å²) in [4.78, 5) is 23.8. The second kappa shape index (κ2) is 10.9. The molecule has 2 amide bonds. The zero-order valence-electron chi connectivity index (χ0n) is 11.1. The van der Waals surface area contributed by atoms with Crippen molar-refractivity contribution in [3.05, 3.63) is 0 Å². The van der Waals surface area contributed by atoms with E-state index in [2.05, 4.69) is 10.6 Å². The van der Waals surface area contributed by atoms with Crippen molar-refractivity contribution < 1.29 is 14.5 Å². The molecule has 0 rings (SSSR count). The highest BCUT2D eigenvalue weighted by molar-refractivity contribution is 5.76. The maximum absolute atomic E-state index is 11.3. The summed E-state index contributed by atoms with van der Waals surface area (Å²) in [5.74, 6) is 0.0137. The number of carbonyl (C=O) groups is 2. The molecule has 0 aliphatic rings. The minimum Gasteiger partial charge on any atom is -0.355 e. The highest BCUT2D eigenvalue weighted by Gasteiger charge is 2.09. The molecule has 0 radical (unpaired) electrons. The van der Waals surface area contributed by atoms with Gasteiger partial charge < -0.3 is 27.0 Å². The number of carbonyl (C=O) groups excluding carboxylic acids is 2. The second-order valence-corrected chi connectivity index (χ2v) is 4.23. The number of nitrogens with one attached hydrogen (secondary N) is 3. The van der Waals surface area contributed by atoms with Gasteiger partial charge in [0.1, 0.15) is 0 Å². The number of quaternary nitrogens is 1. The van der Waals surface area contributed by atoms with E-state index in [1.54, 1.807) is 0 Å². The van der Waals surface area contributed by atoms with Crippen LogP contribution in [-0.4, -0.2) is 58.1 Å². The van der Waals surface area contributed by atoms with Crippen molar-refractivity contribution in [3.63, 3.8) is 0 Å². The van der Waals surface area contributed by atoms with Gasteiger partial charge in [0.25, 0.3) is 0 Å². The van der Waals surface area contributed by atoms with Crippen LogP contribution >= 0.6 is 0 Å². The first-order chi connectivity index (χ1) is 8.60. The Balaban J connectivity index is 3.55. The Kier molecular flexibility index (Phi) is 10.2. The molecular formula is C11H26N5O2+. The molecule has 0 aliphatic heterocycles. The molecule has 0 spiro atoms. The Morgan fingerprint density at radius 3 is 1.67 bits per heavy atom. The van der Waals surface area contributed by atoms with Gasteiger partial charge in [-0.2, -0.15) is 0 Å². The van der Waals surface area contributed by atoms with Crippen LogP contribution in [0.5, 0.6) is 0 Å². The van der Waals surface area contributed by atoms with Crippen LogP contribution in [0.3, 0.4) is 0 Å². The van der Waals surface area contributed by atoms with Crippen LogP contribution in [0.15, 0.2) is 0 Å². The van der Waals surface area contributed by atoms with Crippen LogP contribution in [0.2, 0.25) is 0 Å². The Hall–Kier alpha value is -1.18. The fourth-order valence-electron chi connectivity index (χ4n) is 1.38. The molecule has 0 aromatic rings. The van der Waals surface area contributed by atoms with Gasteiger partial charge >= 0.3 is 0 Å². The first-order valence-corrected chi connectivity index (χ1v) is 6.35. The number of rotatable bonds is 10. The fourth-order valence-corrected chi connectivity index (χ4v) is 1.38. The summed E-state index contributed by atoms with van der Waals surface area (Å²) in [6.07, 6.45) is 0.909. The lowest BCUT2D eigenvalue weighted by atomic mass is 10.3. The van der Waals surface area contributed by atoms with Crippen molar-refractivity contribution in [3.8, 4) is 0 Å². The lowest BCUT2D eigenvalue weighted by molar-refractivity contribution is -0.878. The van der Waals surface area contributed by atoms with Crippen molar-refractivity contribution >= 4 is 11.8 Å². The molecule has 18 heavy (non-hydrogen) atoms. The molecule has 0 unspecified atom stereocenters. The third-order valence-electron chi connectivity index (χ3n) is 2.49. The van der Waals surface area contributed by atoms with E-state index >= 15 is 0 Å². The lowest BCUT2D eigenvalue weighted by Crippen LogP contribution is -3.09. The van der Waals surface area contributed by atoms with Gasteiger partial charge in [-0.15, -0.1) is 0 Å². The summed E-state index contributed by atoms with van der Waals surface area (Å²) >= 11 is 0. The van der Waals surface area contributed by atoms with Gasteiger partial charge in [0.05, 0.1) is 33.0 Å². The predicted molar refractivity (Wildman–Crippen MR) is 70.0 cm³/mol. The van der Waals surface area contributed by atoms with E-state index in [0.29, 0.717) is 52.1 Å². The van der Waals surface area contributed by atoms with E-state index in [-0.39, 0.29) is 11.8 Å². The number of amides is 2. The minimum atomic E-state index is 0.00684. The summed E-state index contributed by atoms with van der Waals surface area (Å²) < 4.78 is 0. The number of nitrogens with two attached hydrogens (primary N) is 2. The molecule has 0 saturated carbocycles. The Bertz CT molecular complexity index is 224. The Morgan fingerprint density at radius 1 is 0.944 bits per heavy atom. The minimum absolute atomic E-state index is 0.00684. The molecule has 0 aliphatic carbocycles. The summed E-state index contributed by atoms with van der Waals surface area (Å²) in [6.45, 7) is 3.35. The highest BCUT2D eigenvalue weighted by atomic mass is 16.2. The average molecular weight is 260 g/mol. The van der Waals surface area contributed by atoms with Crippen molar-refractivity contribution in [2.24, 2.45) is 11.5 Å². The third-order valence-corrected chi connectivity index (χ3v) is 2.49. The molecule has 106 valence electrons. The molecule has 7 nitrogen and oxygen atoms in total. The smallest absolute Gasteiger partial charge is 0.225 e. The van der Waals surface area contributed by atoms with Gasteiger partial charge in [-0.25, -0.2) is 0 Å². The van der Waals surface area contributed by atoms with Crippen molar-refractivity contribution in [2.75, 3.05) is 46.3 Å². The second-order valence-electron chi connectivity index (χ2n) is 4.23. The van der Waals surface area contributed by atoms with Crippen LogP contribution in [-0.2, 0) is 9.59 Å². The molecule has 0 heterocycles. The Morgan fingerprint density at radius 2 is 1.33 bits per heavy atom. The van der Waals surface area contributed by atoms with Gasteiger partial charge in [0.2, 0.25) is 11.8 Å². The zero-order chi connectivity index (χ0) is 13.8. The van der Waals surface area contributed by atoms with Gasteiger partial charge in [0.15, 0.2) is 0 Å². The summed E-state index contributed by atoms with van der Waals surface area (Å²) in [7, 11) is 1.96. The van der Waals surface area contributed by atoms with E-state index < -0.39 is 0 Å². The third kappa shape index (κ3) is 10.0. The van der Waals surface area contributed by atoms with Crippen molar-refractivity contribution in [1.82, 2.24) is 10.6 Å². The van der Waals surface area contributed by atoms with Gasteiger partial charge in [-0.1, -0.05) is 0 Å². The normalized spacial score (nSPS) is 10.4. The van der Waals surface area contributed by atoms with E-state index in [1.165, 1.54) is 0 Å². The van der Waals surface area contributed by atoms with Crippen LogP contribution < -0.4 is 27.0 Å². The zero-order valence-corrected chi connectivity index (χ0v) is 11.1. The molecule has 0 fully saturated rings. The highest BCUT2D eigenvalue weighted by Crippen LogP contribution is 1.76. The van der Waals surface area contributed by atoms with E-state index in [9.17, 15) is 9.59 Å². The van der Waals surface area contributed by atoms with Crippen LogP contribution in [0.1, 0.15) is 12.8 Å². The van der Waals surface area contributed by atoms with Gasteiger partial charge in [0, 0.05) is 26.2 Å². The molecule has 0 aromatic heterocycles. The van der Waals surface area contributed by atoms with E-state index in [4.69, 9.17) is 11.5 Å². The van der Waals surface area contributed by atoms with Crippen LogP contribution in [0.25, 0.3) is 0 Å². The fraction of sp³-hybridized carbons (Fsp3) is 0.818. The van der Waals surface area contributed by atoms with Gasteiger partial charge in [-0.05, 0) is 0 Å². The summed E-state index contributed by atoms with van der Waals surface area (Å²) in [6, 6.07) is 0. The molecule has 0 aromatic carbocycles. The van der Waals surface area contributed by atoms with Crippen molar-refractivity contribution in [1.29, 1.82) is 0 Å². The largest absolute Gasteiger partial charge is 0.355 e. The quantitative estimate of drug-likeness (QED) is 0.279. The Labute approximate surface area is 108 Å². The SMILES string of the molecule is C[NH+](CCC(=O)NCCN)CCC(=O)NCCN. The van der Waals surface area contributed by atoms with E-state index in [0.717, 1.165) is 4.90 Å². The molecule has 0 bridgehead atoms. The maximum atomic E-state index is 11.3. The standard InChI is InChI=1S/C11H25N5O2/c1-16(8-2-10(17)14-6-4-12)9-3-11(18)15-7-5-13/h2-9,12-13H2,1H3,(H,14,17)(H,15,18)/p+1. The monoisotopic (exact) mass is 260 g/mol. The van der Waals surface area contributed by atoms with Crippen molar-refractivity contribution in [2.45, 2.75) is 12.8 Å². The van der Waals surface area contributed by atoms with Gasteiger partial charge in [-0.3, -0.25) is 9.59 Å². The lowest BCUT2D eigenvalue weighted by Gasteiger charge is -2.13. The van der Waals surface area contributed by atoms with E-state index in [1.807, 2.05) is 7.05 Å². The molecule has 7 heteroatoms. The number of hydrogen-bond acceptors (Lipinski definition) is 4. The van der Waals surface area contributed by atoms with Crippen LogP contribution in [0, 0.1) is 0 Å². The van der Waals surface area contributed by atoms with Crippen LogP contribution in [0.4, 0.5) is 0 Å². The first-order valence-electron chi connectivity index (χ1n) is 6.35. The number of hydrogen-bond donors (Lipinski definition) is 5. The maximum Gasteiger partial charge on any atom is 0.225 e. The summed E-state index contributed by atoms with van der Waals surface area (Å²) in [5.41, 5.74) is 10.6. The first kappa shape index (κ1) is 16.8. The molecule has 0 atom stereocenters. The molecule has 7 N–H and O–H groups in total. The molecule has 0 saturated heterocycles. The topological polar surface area (TPSA) is 115 Å². The average Bonchev–Trinajstić information content (AvgIpc) is 2.37. The molecular weight excluding hydrogens is 234 g/mol. The predicted octanol–water partition coefficient (Wildman–Crippen LogP) is -3.57. The summed E-state index contributed by atoms with van der Waals surface area (Å²) in [5, 5.41) is 5.42.